The van der Waals surface area contributed by atoms with Gasteiger partial charge in [0.2, 0.25) is 0 Å². The number of hydrogen-bond acceptors (Lipinski definition) is 9. The lowest BCUT2D eigenvalue weighted by Gasteiger charge is -2.36. The second-order valence-corrected chi connectivity index (χ2v) is 9.91. The van der Waals surface area contributed by atoms with Crippen molar-refractivity contribution in [3.63, 3.8) is 0 Å². The van der Waals surface area contributed by atoms with Crippen LogP contribution in [0.3, 0.4) is 0 Å². The van der Waals surface area contributed by atoms with E-state index in [9.17, 15) is 19.6 Å². The fourth-order valence-corrected chi connectivity index (χ4v) is 4.94. The van der Waals surface area contributed by atoms with Gasteiger partial charge in [0, 0.05) is 38.3 Å². The number of esters is 1. The molecule has 1 aromatic carbocycles. The van der Waals surface area contributed by atoms with Crippen molar-refractivity contribution in [1.29, 1.82) is 5.26 Å². The van der Waals surface area contributed by atoms with Gasteiger partial charge in [-0.1, -0.05) is 18.5 Å². The topological polar surface area (TPSA) is 139 Å². The Morgan fingerprint density at radius 3 is 2.72 bits per heavy atom. The molecule has 2 N–H and O–H groups in total. The number of carbonyl (C=O) groups excluding carboxylic acids is 2. The number of methoxy groups -OCH3 is 1. The lowest BCUT2D eigenvalue weighted by atomic mass is 9.90. The minimum atomic E-state index is -0.366. The molecule has 12 heteroatoms. The molecule has 0 aliphatic carbocycles. The predicted molar refractivity (Wildman–Crippen MR) is 147 cm³/mol. The molecular formula is C27H29ClN6O5. The van der Waals surface area contributed by atoms with E-state index in [0.717, 1.165) is 0 Å². The van der Waals surface area contributed by atoms with Gasteiger partial charge in [0.25, 0.3) is 11.5 Å². The number of carbonyl (C=O) groups is 2. The fourth-order valence-electron chi connectivity index (χ4n) is 4.74. The van der Waals surface area contributed by atoms with Gasteiger partial charge in [-0.3, -0.25) is 14.4 Å². The zero-order valence-electron chi connectivity index (χ0n) is 22.1. The number of nitrogens with zero attached hydrogens (tertiary/aromatic N) is 4. The third kappa shape index (κ3) is 5.91. The standard InChI is InChI=1S/C27H29ClN6O5/c1-15-7-18(27(37)38-4)13-34(12-15)25-17(11-29)9-20(28)24(32-25)31-19-5-6-21-16(8-19)10-22(26(36)33(21)3)39-14-23(35)30-2/h5-6,8-10,15,18H,7,12-14H2,1-4H3,(H,30,35)(H,31,32). The largest absolute Gasteiger partial charge is 0.478 e. The SMILES string of the molecule is CNC(=O)COc1cc2cc(Nc3nc(N4CC(C)CC(C(=O)OC)C4)c(C#N)cc3Cl)ccc2n(C)c1=O. The minimum absolute atomic E-state index is 0.0435. The highest BCUT2D eigenvalue weighted by atomic mass is 35.5. The Morgan fingerprint density at radius 1 is 1.26 bits per heavy atom. The molecule has 2 unspecified atom stereocenters. The van der Waals surface area contributed by atoms with Crippen LogP contribution < -0.4 is 25.8 Å². The number of hydrogen-bond donors (Lipinski definition) is 2. The molecule has 3 aromatic rings. The van der Waals surface area contributed by atoms with Gasteiger partial charge in [0.05, 0.1) is 29.1 Å². The van der Waals surface area contributed by atoms with Crippen LogP contribution in [0.5, 0.6) is 5.75 Å². The van der Waals surface area contributed by atoms with Crippen molar-refractivity contribution in [2.24, 2.45) is 18.9 Å². The summed E-state index contributed by atoms with van der Waals surface area (Å²) in [5.41, 5.74) is 1.22. The molecule has 0 bridgehead atoms. The monoisotopic (exact) mass is 552 g/mol. The molecule has 0 radical (unpaired) electrons. The van der Waals surface area contributed by atoms with Crippen molar-refractivity contribution in [2.45, 2.75) is 13.3 Å². The third-order valence-electron chi connectivity index (χ3n) is 6.66. The first-order valence-corrected chi connectivity index (χ1v) is 12.7. The predicted octanol–water partition coefficient (Wildman–Crippen LogP) is 2.96. The van der Waals surface area contributed by atoms with E-state index in [2.05, 4.69) is 21.7 Å². The van der Waals surface area contributed by atoms with Crippen LogP contribution in [-0.2, 0) is 21.4 Å². The number of nitrogens with one attached hydrogen (secondary N) is 2. The Morgan fingerprint density at radius 2 is 2.03 bits per heavy atom. The molecule has 2 atom stereocenters. The average Bonchev–Trinajstić information content (AvgIpc) is 2.93. The van der Waals surface area contributed by atoms with Gasteiger partial charge < -0.3 is 29.6 Å². The molecule has 1 fully saturated rings. The van der Waals surface area contributed by atoms with Crippen LogP contribution in [0.25, 0.3) is 10.9 Å². The number of aryl methyl sites for hydroxylation is 1. The summed E-state index contributed by atoms with van der Waals surface area (Å²) in [7, 11) is 4.48. The van der Waals surface area contributed by atoms with E-state index in [4.69, 9.17) is 21.1 Å². The number of anilines is 3. The maximum Gasteiger partial charge on any atom is 0.310 e. The summed E-state index contributed by atoms with van der Waals surface area (Å²) in [6.45, 7) is 2.76. The highest BCUT2D eigenvalue weighted by Gasteiger charge is 2.32. The summed E-state index contributed by atoms with van der Waals surface area (Å²) in [6.07, 6.45) is 0.693. The lowest BCUT2D eigenvalue weighted by Crippen LogP contribution is -2.43. The van der Waals surface area contributed by atoms with Crippen molar-refractivity contribution in [3.05, 3.63) is 51.3 Å². The number of aromatic nitrogens is 2. The summed E-state index contributed by atoms with van der Waals surface area (Å²) < 4.78 is 11.8. The van der Waals surface area contributed by atoms with E-state index in [0.29, 0.717) is 53.3 Å². The van der Waals surface area contributed by atoms with Gasteiger partial charge in [0.15, 0.2) is 18.2 Å². The minimum Gasteiger partial charge on any atom is -0.478 e. The molecule has 0 saturated carbocycles. The second kappa shape index (κ2) is 11.6. The molecule has 11 nitrogen and oxygen atoms in total. The van der Waals surface area contributed by atoms with Crippen LogP contribution >= 0.6 is 11.6 Å². The highest BCUT2D eigenvalue weighted by molar-refractivity contribution is 6.33. The van der Waals surface area contributed by atoms with E-state index in [1.54, 1.807) is 37.4 Å². The van der Waals surface area contributed by atoms with Gasteiger partial charge in [0.1, 0.15) is 11.9 Å². The van der Waals surface area contributed by atoms with Crippen LogP contribution in [0.1, 0.15) is 18.9 Å². The molecule has 0 spiro atoms. The lowest BCUT2D eigenvalue weighted by molar-refractivity contribution is -0.146. The summed E-state index contributed by atoms with van der Waals surface area (Å²) in [5.74, 6) is 0.0208. The van der Waals surface area contributed by atoms with E-state index in [-0.39, 0.29) is 46.7 Å². The highest BCUT2D eigenvalue weighted by Crippen LogP contribution is 2.34. The van der Waals surface area contributed by atoms with Crippen molar-refractivity contribution in [2.75, 3.05) is 44.1 Å². The molecule has 4 rings (SSSR count). The molecule has 3 heterocycles. The van der Waals surface area contributed by atoms with Gasteiger partial charge in [-0.15, -0.1) is 0 Å². The Balaban J connectivity index is 1.67. The number of nitriles is 1. The number of halogens is 1. The number of piperidine rings is 1. The molecule has 1 saturated heterocycles. The van der Waals surface area contributed by atoms with Crippen LogP contribution in [-0.4, -0.2) is 55.3 Å². The Hall–Kier alpha value is -4.30. The van der Waals surface area contributed by atoms with Gasteiger partial charge in [-0.2, -0.15) is 5.26 Å². The van der Waals surface area contributed by atoms with Crippen LogP contribution in [0, 0.1) is 23.2 Å². The van der Waals surface area contributed by atoms with Crippen LogP contribution in [0.15, 0.2) is 35.1 Å². The third-order valence-corrected chi connectivity index (χ3v) is 6.95. The van der Waals surface area contributed by atoms with Gasteiger partial charge in [-0.05, 0) is 42.7 Å². The van der Waals surface area contributed by atoms with Crippen LogP contribution in [0.4, 0.5) is 17.3 Å². The van der Waals surface area contributed by atoms with E-state index in [1.165, 1.54) is 18.7 Å². The van der Waals surface area contributed by atoms with Crippen molar-refractivity contribution in [3.8, 4) is 11.8 Å². The maximum absolute atomic E-state index is 12.7. The van der Waals surface area contributed by atoms with Crippen molar-refractivity contribution < 1.29 is 19.1 Å². The molecule has 39 heavy (non-hydrogen) atoms. The number of ether oxygens (including phenoxy) is 2. The molecule has 1 amide bonds. The maximum atomic E-state index is 12.7. The zero-order valence-corrected chi connectivity index (χ0v) is 22.8. The Labute approximate surface area is 230 Å². The fraction of sp³-hybridized carbons (Fsp3) is 0.370. The zero-order chi connectivity index (χ0) is 28.3. The molecule has 204 valence electrons. The van der Waals surface area contributed by atoms with Crippen LogP contribution in [0.2, 0.25) is 5.02 Å². The Kier molecular flexibility index (Phi) is 8.26. The smallest absolute Gasteiger partial charge is 0.310 e. The number of pyridine rings is 2. The van der Waals surface area contributed by atoms with Crippen molar-refractivity contribution in [1.82, 2.24) is 14.9 Å². The van der Waals surface area contributed by atoms with E-state index in [1.807, 2.05) is 11.8 Å². The number of fused-ring (bicyclic) bond motifs is 1. The first kappa shape index (κ1) is 27.7. The quantitative estimate of drug-likeness (QED) is 0.423. The summed E-state index contributed by atoms with van der Waals surface area (Å²) in [6, 6.07) is 10.6. The average molecular weight is 553 g/mol. The molecule has 2 aromatic heterocycles. The van der Waals surface area contributed by atoms with Gasteiger partial charge >= 0.3 is 5.97 Å². The first-order chi connectivity index (χ1) is 18.6. The number of rotatable bonds is 7. The Bertz CT molecular complexity index is 1530. The van der Waals surface area contributed by atoms with Crippen molar-refractivity contribution >= 4 is 51.7 Å². The summed E-state index contributed by atoms with van der Waals surface area (Å²) in [5, 5.41) is 16.4. The van der Waals surface area contributed by atoms with Gasteiger partial charge in [-0.25, -0.2) is 4.98 Å². The molecule has 1 aliphatic rings. The number of likely N-dealkylation sites (N-methyl/N-ethyl adjacent to an activating group) is 1. The second-order valence-electron chi connectivity index (χ2n) is 9.50. The molecular weight excluding hydrogens is 524 g/mol. The summed E-state index contributed by atoms with van der Waals surface area (Å²) >= 11 is 6.50. The van der Waals surface area contributed by atoms with E-state index >= 15 is 0 Å². The summed E-state index contributed by atoms with van der Waals surface area (Å²) in [4.78, 5) is 43.1. The van der Waals surface area contributed by atoms with E-state index < -0.39 is 0 Å². The molecule has 1 aliphatic heterocycles. The first-order valence-electron chi connectivity index (χ1n) is 12.3. The number of amides is 1. The number of benzene rings is 1. The normalized spacial score (nSPS) is 16.9.